The summed E-state index contributed by atoms with van der Waals surface area (Å²) in [6.07, 6.45) is 3.57. The van der Waals surface area contributed by atoms with Crippen LogP contribution in [0.15, 0.2) is 29.3 Å². The second-order valence-electron chi connectivity index (χ2n) is 8.80. The van der Waals surface area contributed by atoms with E-state index < -0.39 is 6.10 Å². The molecule has 1 aromatic carbocycles. The van der Waals surface area contributed by atoms with Gasteiger partial charge in [0, 0.05) is 29.8 Å². The Kier molecular flexibility index (Phi) is 6.49. The third kappa shape index (κ3) is 4.64. The van der Waals surface area contributed by atoms with Gasteiger partial charge in [0.2, 0.25) is 5.88 Å². The number of ether oxygens (including phenoxy) is 2. The molecule has 2 aromatic rings. The molecule has 6 heteroatoms. The number of aryl methyl sites for hydroxylation is 3. The van der Waals surface area contributed by atoms with Crippen LogP contribution < -0.4 is 14.8 Å². The van der Waals surface area contributed by atoms with Gasteiger partial charge in [-0.15, -0.1) is 0 Å². The number of aliphatic imine (C=N–C) groups is 1. The van der Waals surface area contributed by atoms with Gasteiger partial charge < -0.3 is 14.8 Å². The summed E-state index contributed by atoms with van der Waals surface area (Å²) in [4.78, 5) is 22.3. The zero-order valence-electron chi connectivity index (χ0n) is 19.7. The van der Waals surface area contributed by atoms with E-state index in [9.17, 15) is 4.79 Å². The Balaban J connectivity index is 1.44. The summed E-state index contributed by atoms with van der Waals surface area (Å²) < 4.78 is 11.3. The zero-order valence-corrected chi connectivity index (χ0v) is 19.7. The number of amides is 1. The maximum atomic E-state index is 12.9. The van der Waals surface area contributed by atoms with Crippen molar-refractivity contribution in [2.24, 2.45) is 10.9 Å². The first-order valence-electron chi connectivity index (χ1n) is 11.6. The minimum Gasteiger partial charge on any atom is -0.497 e. The number of fused-ring (bicyclic) bond motifs is 1. The molecule has 6 nitrogen and oxygen atoms in total. The fourth-order valence-corrected chi connectivity index (χ4v) is 4.58. The Labute approximate surface area is 190 Å². The number of nitrogens with zero attached hydrogens (tertiary/aromatic N) is 2. The van der Waals surface area contributed by atoms with Crippen molar-refractivity contribution in [1.29, 1.82) is 0 Å². The van der Waals surface area contributed by atoms with Gasteiger partial charge in [-0.2, -0.15) is 0 Å². The average Bonchev–Trinajstić information content (AvgIpc) is 3.53. The van der Waals surface area contributed by atoms with E-state index in [0.29, 0.717) is 11.8 Å². The van der Waals surface area contributed by atoms with Crippen LogP contribution in [-0.4, -0.2) is 36.4 Å². The molecule has 4 rings (SSSR count). The molecule has 0 radical (unpaired) electrons. The number of benzene rings is 1. The van der Waals surface area contributed by atoms with Gasteiger partial charge in [0.15, 0.2) is 6.10 Å². The molecule has 0 bridgehead atoms. The van der Waals surface area contributed by atoms with E-state index in [-0.39, 0.29) is 11.9 Å². The number of carbonyl (C=O) groups excluding carboxylic acids is 1. The molecule has 1 amide bonds. The fraction of sp³-hybridized carbons (Fsp3) is 0.500. The highest BCUT2D eigenvalue weighted by Gasteiger charge is 2.31. The predicted molar refractivity (Wildman–Crippen MR) is 126 cm³/mol. The maximum absolute atomic E-state index is 12.9. The van der Waals surface area contributed by atoms with E-state index in [1.807, 2.05) is 25.1 Å². The first kappa shape index (κ1) is 22.3. The smallest absolute Gasteiger partial charge is 0.261 e. The monoisotopic (exact) mass is 435 g/mol. The van der Waals surface area contributed by atoms with Crippen LogP contribution in [0, 0.1) is 19.8 Å². The number of hydrogen-bond acceptors (Lipinski definition) is 5. The molecule has 1 heterocycles. The molecule has 1 unspecified atom stereocenters. The number of nitrogens with one attached hydrogen (secondary N) is 1. The summed E-state index contributed by atoms with van der Waals surface area (Å²) in [7, 11) is 1.67. The Morgan fingerprint density at radius 3 is 2.69 bits per heavy atom. The lowest BCUT2D eigenvalue weighted by atomic mass is 9.99. The molecule has 1 fully saturated rings. The minimum atomic E-state index is -0.637. The number of rotatable bonds is 8. The highest BCUT2D eigenvalue weighted by molar-refractivity contribution is 6.05. The summed E-state index contributed by atoms with van der Waals surface area (Å²) in [5.41, 5.74) is 6.69. The standard InChI is InChI=1S/C26H33N3O3/c1-6-27-25(18-7-8-18)24-15(2)13-23(28-16(24)3)32-17(4)26(30)29-22-12-9-19-14-20(31-5)10-11-21(19)22/h10-11,13-14,17-18,22H,6-9,12H2,1-5H3,(H,29,30)/t17?,22-/m0/s1. The topological polar surface area (TPSA) is 72.8 Å². The highest BCUT2D eigenvalue weighted by Crippen LogP contribution is 2.36. The van der Waals surface area contributed by atoms with Gasteiger partial charge in [-0.3, -0.25) is 9.79 Å². The normalized spacial score (nSPS) is 18.8. The third-order valence-corrected chi connectivity index (χ3v) is 6.33. The Bertz CT molecular complexity index is 1020. The lowest BCUT2D eigenvalue weighted by Gasteiger charge is -2.20. The fourth-order valence-electron chi connectivity index (χ4n) is 4.58. The van der Waals surface area contributed by atoms with Gasteiger partial charge in [-0.25, -0.2) is 4.98 Å². The lowest BCUT2D eigenvalue weighted by molar-refractivity contribution is -0.128. The lowest BCUT2D eigenvalue weighted by Crippen LogP contribution is -2.38. The Morgan fingerprint density at radius 2 is 2.03 bits per heavy atom. The van der Waals surface area contributed by atoms with Crippen molar-refractivity contribution in [2.45, 2.75) is 65.5 Å². The summed E-state index contributed by atoms with van der Waals surface area (Å²) in [5.74, 6) is 1.75. The molecule has 0 aliphatic heterocycles. The molecular weight excluding hydrogens is 402 g/mol. The summed E-state index contributed by atoms with van der Waals surface area (Å²) >= 11 is 0. The summed E-state index contributed by atoms with van der Waals surface area (Å²) in [6, 6.07) is 7.96. The van der Waals surface area contributed by atoms with Crippen LogP contribution in [0.2, 0.25) is 0 Å². The van der Waals surface area contributed by atoms with Crippen molar-refractivity contribution in [3.05, 3.63) is 52.2 Å². The van der Waals surface area contributed by atoms with Crippen molar-refractivity contribution >= 4 is 11.6 Å². The van der Waals surface area contributed by atoms with Crippen molar-refractivity contribution in [2.75, 3.05) is 13.7 Å². The van der Waals surface area contributed by atoms with E-state index in [4.69, 9.17) is 14.5 Å². The van der Waals surface area contributed by atoms with Gasteiger partial charge >= 0.3 is 0 Å². The molecule has 0 saturated heterocycles. The van der Waals surface area contributed by atoms with E-state index in [1.54, 1.807) is 14.0 Å². The third-order valence-electron chi connectivity index (χ3n) is 6.33. The van der Waals surface area contributed by atoms with Crippen LogP contribution in [0.5, 0.6) is 11.6 Å². The SMILES string of the molecule is CCN=C(c1c(C)cc(OC(C)C(=O)N[C@H]2CCc3cc(OC)ccc32)nc1C)C1CC1. The number of methoxy groups -OCH3 is 1. The molecule has 0 spiro atoms. The second kappa shape index (κ2) is 9.31. The first-order valence-corrected chi connectivity index (χ1v) is 11.6. The summed E-state index contributed by atoms with van der Waals surface area (Å²) in [6.45, 7) is 8.68. The minimum absolute atomic E-state index is 0.000353. The van der Waals surface area contributed by atoms with Crippen molar-refractivity contribution in [1.82, 2.24) is 10.3 Å². The van der Waals surface area contributed by atoms with E-state index in [1.165, 1.54) is 24.1 Å². The van der Waals surface area contributed by atoms with Gasteiger partial charge in [0.1, 0.15) is 5.75 Å². The predicted octanol–water partition coefficient (Wildman–Crippen LogP) is 4.50. The van der Waals surface area contributed by atoms with Crippen LogP contribution in [0.1, 0.15) is 67.1 Å². The average molecular weight is 436 g/mol. The van der Waals surface area contributed by atoms with Gasteiger partial charge in [0.25, 0.3) is 5.91 Å². The molecular formula is C26H33N3O3. The molecule has 170 valence electrons. The van der Waals surface area contributed by atoms with Gasteiger partial charge in [-0.05, 0) is 82.2 Å². The van der Waals surface area contributed by atoms with Crippen molar-refractivity contribution in [3.8, 4) is 11.6 Å². The number of pyridine rings is 1. The quantitative estimate of drug-likeness (QED) is 0.620. The Morgan fingerprint density at radius 1 is 1.25 bits per heavy atom. The van der Waals surface area contributed by atoms with Crippen molar-refractivity contribution < 1.29 is 14.3 Å². The van der Waals surface area contributed by atoms with Crippen molar-refractivity contribution in [3.63, 3.8) is 0 Å². The highest BCUT2D eigenvalue weighted by atomic mass is 16.5. The number of hydrogen-bond donors (Lipinski definition) is 1. The second-order valence-corrected chi connectivity index (χ2v) is 8.80. The molecule has 2 atom stereocenters. The summed E-state index contributed by atoms with van der Waals surface area (Å²) in [5, 5.41) is 3.14. The van der Waals surface area contributed by atoms with E-state index >= 15 is 0 Å². The molecule has 2 aliphatic carbocycles. The van der Waals surface area contributed by atoms with Crippen LogP contribution in [0.4, 0.5) is 0 Å². The van der Waals surface area contributed by atoms with E-state index in [0.717, 1.165) is 47.5 Å². The number of aromatic nitrogens is 1. The van der Waals surface area contributed by atoms with Gasteiger partial charge in [-0.1, -0.05) is 6.07 Å². The maximum Gasteiger partial charge on any atom is 0.261 e. The largest absolute Gasteiger partial charge is 0.497 e. The van der Waals surface area contributed by atoms with Crippen LogP contribution in [0.25, 0.3) is 0 Å². The molecule has 32 heavy (non-hydrogen) atoms. The van der Waals surface area contributed by atoms with Crippen LogP contribution in [-0.2, 0) is 11.2 Å². The Hall–Kier alpha value is -2.89. The van der Waals surface area contributed by atoms with Gasteiger partial charge in [0.05, 0.1) is 18.8 Å². The molecule has 1 aromatic heterocycles. The first-order chi connectivity index (χ1) is 15.4. The zero-order chi connectivity index (χ0) is 22.8. The molecule has 1 saturated carbocycles. The molecule has 1 N–H and O–H groups in total. The van der Waals surface area contributed by atoms with Crippen LogP contribution in [0.3, 0.4) is 0 Å². The van der Waals surface area contributed by atoms with Crippen LogP contribution >= 0.6 is 0 Å². The molecule has 2 aliphatic rings. The van der Waals surface area contributed by atoms with E-state index in [2.05, 4.69) is 30.2 Å². The number of carbonyl (C=O) groups is 1.